The van der Waals surface area contributed by atoms with Crippen LogP contribution in [0.1, 0.15) is 19.8 Å². The molecule has 0 aromatic rings. The van der Waals surface area contributed by atoms with Crippen molar-refractivity contribution in [2.24, 2.45) is 11.5 Å². The predicted molar refractivity (Wildman–Crippen MR) is 53.7 cm³/mol. The fourth-order valence-corrected chi connectivity index (χ4v) is 1.44. The van der Waals surface area contributed by atoms with E-state index >= 15 is 0 Å². The molecule has 4 heteroatoms. The molecule has 2 nitrogen and oxygen atoms in total. The van der Waals surface area contributed by atoms with Gasteiger partial charge in [-0.1, -0.05) is 29.3 Å². The minimum atomic E-state index is -0.438. The maximum Gasteiger partial charge on any atom is 0.104 e. The number of hydrogen-bond acceptors (Lipinski definition) is 2. The third-order valence-electron chi connectivity index (χ3n) is 1.41. The van der Waals surface area contributed by atoms with Gasteiger partial charge in [0, 0.05) is 11.0 Å². The van der Waals surface area contributed by atoms with Crippen LogP contribution in [0.3, 0.4) is 0 Å². The normalized spacial score (nSPS) is 16.0. The zero-order chi connectivity index (χ0) is 8.85. The molecule has 4 N–H and O–H groups in total. The van der Waals surface area contributed by atoms with Gasteiger partial charge in [-0.2, -0.15) is 0 Å². The molecular weight excluding hydrogens is 227 g/mol. The van der Waals surface area contributed by atoms with Crippen molar-refractivity contribution in [3.63, 3.8) is 0 Å². The van der Waals surface area contributed by atoms with E-state index in [1.165, 1.54) is 0 Å². The molecule has 0 fully saturated rings. The van der Waals surface area contributed by atoms with Crippen LogP contribution in [0.5, 0.6) is 0 Å². The first-order chi connectivity index (χ1) is 5.13. The van der Waals surface area contributed by atoms with Gasteiger partial charge >= 0.3 is 0 Å². The molecule has 0 aliphatic carbocycles. The average molecular weight is 242 g/mol. The maximum absolute atomic E-state index is 5.72. The molecular formula is C7H14BrClN2. The highest BCUT2D eigenvalue weighted by Crippen LogP contribution is 2.15. The lowest BCUT2D eigenvalue weighted by molar-refractivity contribution is 0.830. The van der Waals surface area contributed by atoms with Crippen molar-refractivity contribution < 1.29 is 0 Å². The zero-order valence-corrected chi connectivity index (χ0v) is 8.95. The van der Waals surface area contributed by atoms with Gasteiger partial charge in [0.2, 0.25) is 0 Å². The van der Waals surface area contributed by atoms with Crippen LogP contribution in [0.4, 0.5) is 0 Å². The van der Waals surface area contributed by atoms with E-state index in [0.29, 0.717) is 5.33 Å². The Morgan fingerprint density at radius 3 is 2.45 bits per heavy atom. The van der Waals surface area contributed by atoms with Crippen molar-refractivity contribution in [2.45, 2.75) is 25.3 Å². The van der Waals surface area contributed by atoms with Crippen LogP contribution in [-0.2, 0) is 0 Å². The van der Waals surface area contributed by atoms with E-state index in [1.807, 2.05) is 0 Å². The summed E-state index contributed by atoms with van der Waals surface area (Å²) < 4.78 is 0. The summed E-state index contributed by atoms with van der Waals surface area (Å²) in [5, 5.41) is 0.642. The van der Waals surface area contributed by atoms with Gasteiger partial charge in [0.25, 0.3) is 0 Å². The van der Waals surface area contributed by atoms with Gasteiger partial charge in [0.1, 0.15) is 5.50 Å². The van der Waals surface area contributed by atoms with Crippen LogP contribution >= 0.6 is 27.5 Å². The molecule has 66 valence electrons. The minimum absolute atomic E-state index is 0.438. The van der Waals surface area contributed by atoms with Crippen molar-refractivity contribution in [1.29, 1.82) is 0 Å². The monoisotopic (exact) mass is 240 g/mol. The first kappa shape index (κ1) is 11.3. The Balaban J connectivity index is 4.30. The van der Waals surface area contributed by atoms with Crippen LogP contribution in [0, 0.1) is 0 Å². The average Bonchev–Trinajstić information content (AvgIpc) is 1.98. The lowest BCUT2D eigenvalue weighted by atomic mass is 10.1. The second-order valence-electron chi connectivity index (χ2n) is 2.34. The van der Waals surface area contributed by atoms with E-state index in [9.17, 15) is 0 Å². The van der Waals surface area contributed by atoms with Gasteiger partial charge < -0.3 is 11.5 Å². The SMILES string of the molecule is CCC/C(=C(/N)CBr)C(N)Cl. The van der Waals surface area contributed by atoms with E-state index in [2.05, 4.69) is 22.9 Å². The molecule has 0 rings (SSSR count). The van der Waals surface area contributed by atoms with Gasteiger partial charge in [0.15, 0.2) is 0 Å². The van der Waals surface area contributed by atoms with E-state index in [4.69, 9.17) is 23.1 Å². The number of rotatable bonds is 4. The third kappa shape index (κ3) is 3.99. The third-order valence-corrected chi connectivity index (χ3v) is 2.28. The molecule has 1 unspecified atom stereocenters. The summed E-state index contributed by atoms with van der Waals surface area (Å²) in [5.74, 6) is 0. The molecule has 0 aliphatic rings. The zero-order valence-electron chi connectivity index (χ0n) is 6.61. The van der Waals surface area contributed by atoms with Gasteiger partial charge in [-0.3, -0.25) is 0 Å². The Labute approximate surface area is 81.1 Å². The first-order valence-electron chi connectivity index (χ1n) is 3.56. The summed E-state index contributed by atoms with van der Waals surface area (Å²) in [4.78, 5) is 0. The fourth-order valence-electron chi connectivity index (χ4n) is 0.831. The second-order valence-corrected chi connectivity index (χ2v) is 3.37. The van der Waals surface area contributed by atoms with Crippen LogP contribution in [-0.4, -0.2) is 10.8 Å². The molecule has 0 aromatic carbocycles. The van der Waals surface area contributed by atoms with E-state index in [1.54, 1.807) is 0 Å². The summed E-state index contributed by atoms with van der Waals surface area (Å²) in [6.45, 7) is 2.07. The molecule has 0 aromatic heterocycles. The molecule has 1 atom stereocenters. The first-order valence-corrected chi connectivity index (χ1v) is 5.12. The van der Waals surface area contributed by atoms with Crippen LogP contribution in [0.25, 0.3) is 0 Å². The number of nitrogens with two attached hydrogens (primary N) is 2. The lowest BCUT2D eigenvalue weighted by Gasteiger charge is -2.11. The van der Waals surface area contributed by atoms with Crippen LogP contribution in [0.2, 0.25) is 0 Å². The Morgan fingerprint density at radius 2 is 2.18 bits per heavy atom. The summed E-state index contributed by atoms with van der Waals surface area (Å²) >= 11 is 8.97. The molecule has 0 radical (unpaired) electrons. The summed E-state index contributed by atoms with van der Waals surface area (Å²) in [5.41, 5.74) is 12.4. The van der Waals surface area contributed by atoms with Gasteiger partial charge in [-0.05, 0) is 12.0 Å². The van der Waals surface area contributed by atoms with Crippen LogP contribution < -0.4 is 11.5 Å². The summed E-state index contributed by atoms with van der Waals surface area (Å²) in [6, 6.07) is 0. The van der Waals surface area contributed by atoms with Crippen molar-refractivity contribution in [3.8, 4) is 0 Å². The van der Waals surface area contributed by atoms with E-state index in [0.717, 1.165) is 24.1 Å². The van der Waals surface area contributed by atoms with Gasteiger partial charge in [-0.25, -0.2) is 0 Å². The van der Waals surface area contributed by atoms with Crippen LogP contribution in [0.15, 0.2) is 11.3 Å². The second kappa shape index (κ2) is 5.86. The molecule has 11 heavy (non-hydrogen) atoms. The van der Waals surface area contributed by atoms with E-state index < -0.39 is 5.50 Å². The Morgan fingerprint density at radius 1 is 1.64 bits per heavy atom. The fraction of sp³-hybridized carbons (Fsp3) is 0.714. The predicted octanol–water partition coefficient (Wildman–Crippen LogP) is 1.92. The van der Waals surface area contributed by atoms with E-state index in [-0.39, 0.29) is 0 Å². The van der Waals surface area contributed by atoms with Crippen molar-refractivity contribution in [3.05, 3.63) is 11.3 Å². The highest BCUT2D eigenvalue weighted by molar-refractivity contribution is 9.09. The molecule has 0 saturated carbocycles. The molecule has 0 amide bonds. The molecule has 0 saturated heterocycles. The highest BCUT2D eigenvalue weighted by atomic mass is 79.9. The van der Waals surface area contributed by atoms with Gasteiger partial charge in [-0.15, -0.1) is 11.6 Å². The van der Waals surface area contributed by atoms with Crippen molar-refractivity contribution >= 4 is 27.5 Å². The molecule has 0 spiro atoms. The Bertz CT molecular complexity index is 145. The number of alkyl halides is 2. The smallest absolute Gasteiger partial charge is 0.104 e. The molecule has 0 aliphatic heterocycles. The quantitative estimate of drug-likeness (QED) is 0.584. The van der Waals surface area contributed by atoms with Gasteiger partial charge in [0.05, 0.1) is 0 Å². The molecule has 0 bridgehead atoms. The number of allylic oxidation sites excluding steroid dienone is 1. The standard InChI is InChI=1S/C7H14BrClN2/c1-2-3-5(7(9)11)6(10)4-8/h7H,2-4,10-11H2,1H3/b6-5-. The minimum Gasteiger partial charge on any atom is -0.401 e. The summed E-state index contributed by atoms with van der Waals surface area (Å²) in [7, 11) is 0. The Hall–Kier alpha value is 0.270. The maximum atomic E-state index is 5.72. The van der Waals surface area contributed by atoms with Crippen molar-refractivity contribution in [1.82, 2.24) is 0 Å². The largest absolute Gasteiger partial charge is 0.401 e. The Kier molecular flexibility index (Phi) is 6.01. The molecule has 0 heterocycles. The highest BCUT2D eigenvalue weighted by Gasteiger charge is 2.08. The van der Waals surface area contributed by atoms with Crippen molar-refractivity contribution in [2.75, 3.05) is 5.33 Å². The number of halogens is 2. The number of hydrogen-bond donors (Lipinski definition) is 2. The summed E-state index contributed by atoms with van der Waals surface area (Å²) in [6.07, 6.45) is 1.89. The lowest BCUT2D eigenvalue weighted by Crippen LogP contribution is -2.20. The topological polar surface area (TPSA) is 52.0 Å².